The summed E-state index contributed by atoms with van der Waals surface area (Å²) in [5.74, 6) is -0.113. The molecule has 0 aliphatic carbocycles. The molecule has 7 heteroatoms. The Morgan fingerprint density at radius 2 is 1.93 bits per heavy atom. The fraction of sp³-hybridized carbons (Fsp3) is 0. The van der Waals surface area contributed by atoms with Crippen LogP contribution in [0.4, 0.5) is 8.28 Å². The minimum atomic E-state index is -4.98. The quantitative estimate of drug-likeness (QED) is 0.748. The van der Waals surface area contributed by atoms with Crippen molar-refractivity contribution in [2.45, 2.75) is 5.09 Å². The van der Waals surface area contributed by atoms with E-state index in [1.54, 1.807) is 0 Å². The zero-order valence-corrected chi connectivity index (χ0v) is 7.92. The van der Waals surface area contributed by atoms with Crippen LogP contribution in [0.5, 0.6) is 0 Å². The molecule has 0 bridgehead atoms. The highest BCUT2D eigenvalue weighted by atomic mass is 32.3. The van der Waals surface area contributed by atoms with Crippen LogP contribution < -0.4 is 0 Å². The molecule has 0 fully saturated rings. The molecule has 0 aliphatic rings. The topological polar surface area (TPSA) is 60.4 Å². The van der Waals surface area contributed by atoms with Gasteiger partial charge in [-0.2, -0.15) is 12.8 Å². The van der Waals surface area contributed by atoms with Crippen molar-refractivity contribution in [2.75, 3.05) is 0 Å². The maximum Gasteiger partial charge on any atom is 0.366 e. The molecule has 2 rings (SSSR count). The second-order valence-electron chi connectivity index (χ2n) is 2.66. The normalized spacial score (nSPS) is 11.9. The Kier molecular flexibility index (Phi) is 2.11. The van der Waals surface area contributed by atoms with Crippen molar-refractivity contribution in [1.29, 1.82) is 0 Å². The number of furan rings is 2. The molecule has 0 aromatic carbocycles. The second kappa shape index (κ2) is 3.20. The van der Waals surface area contributed by atoms with Crippen molar-refractivity contribution >= 4 is 10.2 Å². The standard InChI is InChI=1S/C8H4F2O4S/c9-7-2-1-6(14-7)5-3-4-13-8(5)15(10,11)12/h1-4H. The Bertz CT molecular complexity index is 581. The zero-order chi connectivity index (χ0) is 11.1. The fourth-order valence-electron chi connectivity index (χ4n) is 1.13. The van der Waals surface area contributed by atoms with Gasteiger partial charge in [-0.3, -0.25) is 0 Å². The van der Waals surface area contributed by atoms with E-state index in [-0.39, 0.29) is 11.3 Å². The first-order valence-electron chi connectivity index (χ1n) is 3.76. The molecule has 0 atom stereocenters. The second-order valence-corrected chi connectivity index (χ2v) is 3.91. The lowest BCUT2D eigenvalue weighted by Gasteiger charge is -1.93. The third kappa shape index (κ3) is 1.78. The van der Waals surface area contributed by atoms with Gasteiger partial charge in [0.25, 0.3) is 11.1 Å². The van der Waals surface area contributed by atoms with Crippen LogP contribution in [-0.2, 0) is 10.2 Å². The van der Waals surface area contributed by atoms with E-state index in [1.165, 1.54) is 12.1 Å². The van der Waals surface area contributed by atoms with Crippen molar-refractivity contribution in [3.8, 4) is 11.3 Å². The van der Waals surface area contributed by atoms with Gasteiger partial charge in [0.2, 0.25) is 0 Å². The van der Waals surface area contributed by atoms with Gasteiger partial charge in [-0.15, -0.1) is 0 Å². The summed E-state index contributed by atoms with van der Waals surface area (Å²) in [6.45, 7) is 0. The Morgan fingerprint density at radius 1 is 1.20 bits per heavy atom. The summed E-state index contributed by atoms with van der Waals surface area (Å²) >= 11 is 0. The molecule has 2 heterocycles. The average Bonchev–Trinajstić information content (AvgIpc) is 2.68. The SMILES string of the molecule is O=S(=O)(F)c1occc1-c1ccc(F)o1. The van der Waals surface area contributed by atoms with E-state index < -0.39 is 21.3 Å². The molecule has 0 unspecified atom stereocenters. The molecule has 0 amide bonds. The van der Waals surface area contributed by atoms with Crippen molar-refractivity contribution in [3.63, 3.8) is 0 Å². The van der Waals surface area contributed by atoms with Gasteiger partial charge >= 0.3 is 10.2 Å². The van der Waals surface area contributed by atoms with Gasteiger partial charge in [0.05, 0.1) is 11.8 Å². The largest absolute Gasteiger partial charge is 0.450 e. The molecule has 0 saturated carbocycles. The summed E-state index contributed by atoms with van der Waals surface area (Å²) in [5.41, 5.74) is -0.151. The molecular weight excluding hydrogens is 230 g/mol. The first-order chi connectivity index (χ1) is 6.98. The maximum absolute atomic E-state index is 12.7. The Morgan fingerprint density at radius 3 is 2.47 bits per heavy atom. The summed E-state index contributed by atoms with van der Waals surface area (Å²) < 4.78 is 55.3. The Labute approximate surface area is 83.3 Å². The van der Waals surface area contributed by atoms with Crippen molar-refractivity contribution < 1.29 is 25.5 Å². The first-order valence-corrected chi connectivity index (χ1v) is 5.15. The molecular formula is C8H4F2O4S. The van der Waals surface area contributed by atoms with Crippen molar-refractivity contribution in [2.24, 2.45) is 0 Å². The van der Waals surface area contributed by atoms with Crippen LogP contribution >= 0.6 is 0 Å². The predicted molar refractivity (Wildman–Crippen MR) is 44.7 cm³/mol. The molecule has 4 nitrogen and oxygen atoms in total. The molecule has 2 aromatic rings. The molecule has 0 radical (unpaired) electrons. The predicted octanol–water partition coefficient (Wildman–Crippen LogP) is 2.34. The lowest BCUT2D eigenvalue weighted by Crippen LogP contribution is -1.91. The molecule has 80 valence electrons. The highest BCUT2D eigenvalue weighted by Crippen LogP contribution is 2.30. The van der Waals surface area contributed by atoms with Gasteiger partial charge in [0, 0.05) is 6.07 Å². The van der Waals surface area contributed by atoms with E-state index in [0.717, 1.165) is 12.3 Å². The van der Waals surface area contributed by atoms with E-state index in [4.69, 9.17) is 0 Å². The first kappa shape index (κ1) is 9.91. The molecule has 0 saturated heterocycles. The lowest BCUT2D eigenvalue weighted by atomic mass is 10.3. The molecule has 0 aliphatic heterocycles. The minimum Gasteiger partial charge on any atom is -0.450 e. The van der Waals surface area contributed by atoms with Crippen molar-refractivity contribution in [1.82, 2.24) is 0 Å². The van der Waals surface area contributed by atoms with Crippen LogP contribution in [-0.4, -0.2) is 8.42 Å². The average molecular weight is 234 g/mol. The summed E-state index contributed by atoms with van der Waals surface area (Å²) in [6, 6.07) is 2.43. The number of hydrogen-bond acceptors (Lipinski definition) is 4. The minimum absolute atomic E-state index is 0.113. The van der Waals surface area contributed by atoms with Crippen LogP contribution in [0.2, 0.25) is 0 Å². The van der Waals surface area contributed by atoms with E-state index in [0.29, 0.717) is 0 Å². The smallest absolute Gasteiger partial charge is 0.366 e. The van der Waals surface area contributed by atoms with Gasteiger partial charge in [-0.1, -0.05) is 3.89 Å². The number of rotatable bonds is 2. The van der Waals surface area contributed by atoms with Gasteiger partial charge in [0.15, 0.2) is 0 Å². The van der Waals surface area contributed by atoms with E-state index >= 15 is 0 Å². The third-order valence-corrected chi connectivity index (χ3v) is 2.45. The van der Waals surface area contributed by atoms with Crippen LogP contribution in [0, 0.1) is 6.01 Å². The van der Waals surface area contributed by atoms with Crippen molar-refractivity contribution in [3.05, 3.63) is 30.5 Å². The van der Waals surface area contributed by atoms with Gasteiger partial charge < -0.3 is 8.83 Å². The lowest BCUT2D eigenvalue weighted by molar-refractivity contribution is 0.364. The monoisotopic (exact) mass is 234 g/mol. The van der Waals surface area contributed by atoms with Crippen LogP contribution in [0.1, 0.15) is 0 Å². The van der Waals surface area contributed by atoms with E-state index in [1.807, 2.05) is 0 Å². The number of halogens is 2. The molecule has 0 spiro atoms. The van der Waals surface area contributed by atoms with Gasteiger partial charge in [0.1, 0.15) is 5.76 Å². The van der Waals surface area contributed by atoms with Gasteiger partial charge in [-0.05, 0) is 12.1 Å². The third-order valence-electron chi connectivity index (χ3n) is 1.69. The summed E-state index contributed by atoms with van der Waals surface area (Å²) in [7, 11) is -4.98. The summed E-state index contributed by atoms with van der Waals surface area (Å²) in [4.78, 5) is 0. The van der Waals surface area contributed by atoms with E-state index in [2.05, 4.69) is 8.83 Å². The summed E-state index contributed by atoms with van der Waals surface area (Å²) in [6.07, 6.45) is 0.974. The molecule has 2 aromatic heterocycles. The zero-order valence-electron chi connectivity index (χ0n) is 7.11. The molecule has 15 heavy (non-hydrogen) atoms. The van der Waals surface area contributed by atoms with Gasteiger partial charge in [-0.25, -0.2) is 0 Å². The highest BCUT2D eigenvalue weighted by Gasteiger charge is 2.24. The van der Waals surface area contributed by atoms with Crippen LogP contribution in [0.3, 0.4) is 0 Å². The summed E-state index contributed by atoms with van der Waals surface area (Å²) in [5, 5.41) is -0.892. The number of hydrogen-bond donors (Lipinski definition) is 0. The van der Waals surface area contributed by atoms with Crippen LogP contribution in [0.15, 0.2) is 38.4 Å². The Hall–Kier alpha value is -1.63. The highest BCUT2D eigenvalue weighted by molar-refractivity contribution is 7.86. The fourth-order valence-corrected chi connectivity index (χ4v) is 1.73. The Balaban J connectivity index is 2.60. The van der Waals surface area contributed by atoms with E-state index in [9.17, 15) is 16.7 Å². The maximum atomic E-state index is 12.7. The molecule has 0 N–H and O–H groups in total. The van der Waals surface area contributed by atoms with Crippen LogP contribution in [0.25, 0.3) is 11.3 Å².